The van der Waals surface area contributed by atoms with Gasteiger partial charge in [-0.3, -0.25) is 0 Å². The van der Waals surface area contributed by atoms with Crippen LogP contribution in [0.5, 0.6) is 0 Å². The number of primary amides is 1. The number of hydrogen-bond acceptors (Lipinski definition) is 4. The Morgan fingerprint density at radius 1 is 1.14 bits per heavy atom. The SMILES string of the molecule is CCOC(N)=O.CCO[SiH](C)OCC. The number of nitrogens with two attached hydrogens (primary N) is 1. The minimum Gasteiger partial charge on any atom is -0.450 e. The molecule has 0 fully saturated rings. The zero-order valence-corrected chi connectivity index (χ0v) is 10.6. The van der Waals surface area contributed by atoms with Crippen molar-refractivity contribution in [2.45, 2.75) is 27.3 Å². The van der Waals surface area contributed by atoms with E-state index in [0.717, 1.165) is 13.2 Å². The van der Waals surface area contributed by atoms with Gasteiger partial charge in [-0.2, -0.15) is 0 Å². The molecule has 2 N–H and O–H groups in total. The topological polar surface area (TPSA) is 70.8 Å². The molecule has 0 aromatic rings. The summed E-state index contributed by atoms with van der Waals surface area (Å²) in [6, 6.07) is 0. The number of carbonyl (C=O) groups is 1. The van der Waals surface area contributed by atoms with Gasteiger partial charge < -0.3 is 19.3 Å². The van der Waals surface area contributed by atoms with Gasteiger partial charge in [0.25, 0.3) is 0 Å². The molecule has 14 heavy (non-hydrogen) atoms. The van der Waals surface area contributed by atoms with Gasteiger partial charge in [-0.1, -0.05) is 0 Å². The standard InChI is InChI=1S/C5H14O2Si.C3H7NO2/c1-4-6-8(3)7-5-2;1-2-6-3(4)5/h8H,4-5H2,1-3H3;2H2,1H3,(H2,4,5). The largest absolute Gasteiger partial charge is 0.450 e. The zero-order chi connectivity index (χ0) is 11.4. The molecule has 0 bridgehead atoms. The summed E-state index contributed by atoms with van der Waals surface area (Å²) in [5.74, 6) is 0. The highest BCUT2D eigenvalue weighted by atomic mass is 28.3. The third-order valence-electron chi connectivity index (χ3n) is 1.09. The highest BCUT2D eigenvalue weighted by Gasteiger charge is 1.99. The Labute approximate surface area is 87.4 Å². The molecule has 0 saturated carbocycles. The van der Waals surface area contributed by atoms with Gasteiger partial charge in [-0.25, -0.2) is 4.79 Å². The van der Waals surface area contributed by atoms with Crippen molar-refractivity contribution in [3.8, 4) is 0 Å². The molecular weight excluding hydrogens is 202 g/mol. The predicted molar refractivity (Wildman–Crippen MR) is 57.5 cm³/mol. The molecule has 0 atom stereocenters. The molecule has 6 heteroatoms. The van der Waals surface area contributed by atoms with Gasteiger partial charge in [0.05, 0.1) is 6.61 Å². The van der Waals surface area contributed by atoms with Gasteiger partial charge in [0.2, 0.25) is 0 Å². The summed E-state index contributed by atoms with van der Waals surface area (Å²) in [6.07, 6.45) is -0.711. The van der Waals surface area contributed by atoms with Gasteiger partial charge in [0, 0.05) is 13.2 Å². The average molecular weight is 223 g/mol. The number of hydrogen-bond donors (Lipinski definition) is 1. The number of rotatable bonds is 5. The maximum absolute atomic E-state index is 9.60. The van der Waals surface area contributed by atoms with Gasteiger partial charge in [-0.15, -0.1) is 0 Å². The van der Waals surface area contributed by atoms with Crippen LogP contribution in [0.15, 0.2) is 0 Å². The first kappa shape index (κ1) is 15.9. The first-order valence-corrected chi connectivity index (χ1v) is 6.83. The van der Waals surface area contributed by atoms with Crippen LogP contribution in [-0.2, 0) is 13.6 Å². The molecular formula is C8H21NO4Si. The normalized spacial score (nSPS) is 9.21. The van der Waals surface area contributed by atoms with Crippen LogP contribution >= 0.6 is 0 Å². The Balaban J connectivity index is 0. The highest BCUT2D eigenvalue weighted by Crippen LogP contribution is 1.85. The molecule has 0 unspecified atom stereocenters. The molecule has 0 heterocycles. The van der Waals surface area contributed by atoms with Gasteiger partial charge in [0.15, 0.2) is 0 Å². The second kappa shape index (κ2) is 12.4. The van der Waals surface area contributed by atoms with Crippen molar-refractivity contribution in [1.82, 2.24) is 0 Å². The molecule has 0 aliphatic rings. The third kappa shape index (κ3) is 17.5. The van der Waals surface area contributed by atoms with E-state index in [4.69, 9.17) is 8.85 Å². The Morgan fingerprint density at radius 3 is 1.71 bits per heavy atom. The van der Waals surface area contributed by atoms with E-state index in [1.807, 2.05) is 20.4 Å². The second-order valence-electron chi connectivity index (χ2n) is 2.23. The first-order valence-electron chi connectivity index (χ1n) is 4.73. The summed E-state index contributed by atoms with van der Waals surface area (Å²) >= 11 is 0. The van der Waals surface area contributed by atoms with Gasteiger partial charge >= 0.3 is 15.4 Å². The van der Waals surface area contributed by atoms with Crippen LogP contribution in [0.3, 0.4) is 0 Å². The Hall–Kier alpha value is -0.593. The molecule has 0 saturated heterocycles. The van der Waals surface area contributed by atoms with E-state index in [1.54, 1.807) is 6.92 Å². The molecule has 0 spiro atoms. The van der Waals surface area contributed by atoms with Crippen molar-refractivity contribution in [3.63, 3.8) is 0 Å². The van der Waals surface area contributed by atoms with Crippen LogP contribution in [0.1, 0.15) is 20.8 Å². The Morgan fingerprint density at radius 2 is 1.57 bits per heavy atom. The molecule has 0 aliphatic carbocycles. The first-order chi connectivity index (χ1) is 6.58. The molecule has 0 radical (unpaired) electrons. The fourth-order valence-electron chi connectivity index (χ4n) is 0.660. The fraction of sp³-hybridized carbons (Fsp3) is 0.875. The lowest BCUT2D eigenvalue weighted by atomic mass is 10.9. The van der Waals surface area contributed by atoms with E-state index in [2.05, 4.69) is 10.5 Å². The molecule has 86 valence electrons. The molecule has 1 amide bonds. The third-order valence-corrected chi connectivity index (χ3v) is 2.69. The van der Waals surface area contributed by atoms with E-state index >= 15 is 0 Å². The lowest BCUT2D eigenvalue weighted by molar-refractivity contribution is 0.163. The zero-order valence-electron chi connectivity index (χ0n) is 9.41. The van der Waals surface area contributed by atoms with Crippen molar-refractivity contribution in [1.29, 1.82) is 0 Å². The van der Waals surface area contributed by atoms with Crippen molar-refractivity contribution in [3.05, 3.63) is 0 Å². The summed E-state index contributed by atoms with van der Waals surface area (Å²) < 4.78 is 14.6. The van der Waals surface area contributed by atoms with Crippen molar-refractivity contribution in [2.75, 3.05) is 19.8 Å². The monoisotopic (exact) mass is 223 g/mol. The maximum Gasteiger partial charge on any atom is 0.404 e. The van der Waals surface area contributed by atoms with Gasteiger partial charge in [-0.05, 0) is 27.3 Å². The van der Waals surface area contributed by atoms with E-state index in [0.29, 0.717) is 6.61 Å². The van der Waals surface area contributed by atoms with Crippen molar-refractivity contribution in [2.24, 2.45) is 5.73 Å². The Kier molecular flexibility index (Phi) is 14.1. The van der Waals surface area contributed by atoms with E-state index in [9.17, 15) is 4.79 Å². The van der Waals surface area contributed by atoms with Crippen LogP contribution < -0.4 is 5.73 Å². The van der Waals surface area contributed by atoms with Gasteiger partial charge in [0.1, 0.15) is 0 Å². The van der Waals surface area contributed by atoms with Crippen LogP contribution in [0.2, 0.25) is 6.55 Å². The number of amides is 1. The van der Waals surface area contributed by atoms with E-state index in [-0.39, 0.29) is 0 Å². The minimum atomic E-state index is -1.20. The minimum absolute atomic E-state index is 0.356. The smallest absolute Gasteiger partial charge is 0.404 e. The number of carbonyl (C=O) groups excluding carboxylic acids is 1. The Bertz CT molecular complexity index is 129. The van der Waals surface area contributed by atoms with Crippen LogP contribution in [-0.4, -0.2) is 35.2 Å². The molecule has 0 rings (SSSR count). The quantitative estimate of drug-likeness (QED) is 0.706. The molecule has 0 aromatic carbocycles. The summed E-state index contributed by atoms with van der Waals surface area (Å²) in [6.45, 7) is 9.64. The van der Waals surface area contributed by atoms with E-state index < -0.39 is 15.4 Å². The van der Waals surface area contributed by atoms with E-state index in [1.165, 1.54) is 0 Å². The van der Waals surface area contributed by atoms with Crippen LogP contribution in [0.25, 0.3) is 0 Å². The van der Waals surface area contributed by atoms with Crippen molar-refractivity contribution >= 4 is 15.4 Å². The number of ether oxygens (including phenoxy) is 1. The molecule has 0 aromatic heterocycles. The van der Waals surface area contributed by atoms with Crippen LogP contribution in [0, 0.1) is 0 Å². The predicted octanol–water partition coefficient (Wildman–Crippen LogP) is 1.01. The summed E-state index contributed by atoms with van der Waals surface area (Å²) in [7, 11) is -1.20. The summed E-state index contributed by atoms with van der Waals surface area (Å²) in [4.78, 5) is 9.60. The fourth-order valence-corrected chi connectivity index (χ4v) is 1.69. The summed E-state index contributed by atoms with van der Waals surface area (Å²) in [5.41, 5.74) is 4.54. The maximum atomic E-state index is 9.60. The molecule has 0 aliphatic heterocycles. The summed E-state index contributed by atoms with van der Waals surface area (Å²) in [5, 5.41) is 0. The highest BCUT2D eigenvalue weighted by molar-refractivity contribution is 6.42. The molecule has 5 nitrogen and oxygen atoms in total. The van der Waals surface area contributed by atoms with Crippen LogP contribution in [0.4, 0.5) is 4.79 Å². The lowest BCUT2D eigenvalue weighted by Crippen LogP contribution is -2.17. The average Bonchev–Trinajstić information content (AvgIpc) is 2.05. The second-order valence-corrected chi connectivity index (χ2v) is 4.03. The lowest BCUT2D eigenvalue weighted by Gasteiger charge is -2.07. The van der Waals surface area contributed by atoms with Crippen molar-refractivity contribution < 1.29 is 18.4 Å².